The number of rotatable bonds is 2. The molecule has 82 valence electrons. The third-order valence-electron chi connectivity index (χ3n) is 3.20. The van der Waals surface area contributed by atoms with Crippen LogP contribution < -0.4 is 0 Å². The van der Waals surface area contributed by atoms with E-state index in [1.165, 1.54) is 25.7 Å². The van der Waals surface area contributed by atoms with Gasteiger partial charge in [-0.25, -0.2) is 9.97 Å². The van der Waals surface area contributed by atoms with Gasteiger partial charge in [0, 0.05) is 12.1 Å². The Morgan fingerprint density at radius 1 is 1.47 bits per heavy atom. The van der Waals surface area contributed by atoms with Crippen LogP contribution in [-0.2, 0) is 6.61 Å². The lowest BCUT2D eigenvalue weighted by Gasteiger charge is -2.25. The number of hydrogen-bond acceptors (Lipinski definition) is 3. The topological polar surface area (TPSA) is 46.0 Å². The molecule has 15 heavy (non-hydrogen) atoms. The summed E-state index contributed by atoms with van der Waals surface area (Å²) >= 11 is 0. The summed E-state index contributed by atoms with van der Waals surface area (Å²) in [5.74, 6) is 2.21. The predicted molar refractivity (Wildman–Crippen MR) is 58.3 cm³/mol. The third-order valence-corrected chi connectivity index (χ3v) is 3.20. The predicted octanol–water partition coefficient (Wildman–Crippen LogP) is 2.26. The van der Waals surface area contributed by atoms with E-state index in [0.29, 0.717) is 5.92 Å². The lowest BCUT2D eigenvalue weighted by atomic mass is 9.82. The maximum Gasteiger partial charge on any atom is 0.131 e. The van der Waals surface area contributed by atoms with Crippen LogP contribution in [0.1, 0.15) is 50.0 Å². The molecule has 0 radical (unpaired) electrons. The molecular weight excluding hydrogens is 188 g/mol. The molecule has 0 saturated heterocycles. The normalized spacial score (nSPS) is 26.5. The molecule has 0 aromatic carbocycles. The van der Waals surface area contributed by atoms with Crippen LogP contribution in [0.4, 0.5) is 0 Å². The van der Waals surface area contributed by atoms with Crippen LogP contribution >= 0.6 is 0 Å². The van der Waals surface area contributed by atoms with Crippen LogP contribution in [0.5, 0.6) is 0 Å². The molecule has 0 amide bonds. The summed E-state index contributed by atoms with van der Waals surface area (Å²) in [6, 6.07) is 1.77. The van der Waals surface area contributed by atoms with Gasteiger partial charge in [-0.3, -0.25) is 0 Å². The van der Waals surface area contributed by atoms with E-state index in [4.69, 9.17) is 5.11 Å². The second-order valence-electron chi connectivity index (χ2n) is 4.53. The van der Waals surface area contributed by atoms with Crippen LogP contribution in [0.15, 0.2) is 12.3 Å². The van der Waals surface area contributed by atoms with Crippen LogP contribution in [0.3, 0.4) is 0 Å². The van der Waals surface area contributed by atoms with Gasteiger partial charge in [0.25, 0.3) is 0 Å². The van der Waals surface area contributed by atoms with Gasteiger partial charge in [-0.2, -0.15) is 0 Å². The molecule has 2 rings (SSSR count). The third kappa shape index (κ3) is 2.53. The van der Waals surface area contributed by atoms with Gasteiger partial charge in [-0.1, -0.05) is 19.8 Å². The van der Waals surface area contributed by atoms with Gasteiger partial charge in [-0.15, -0.1) is 0 Å². The summed E-state index contributed by atoms with van der Waals surface area (Å²) in [5, 5.41) is 9.02. The van der Waals surface area contributed by atoms with Gasteiger partial charge in [0.05, 0.1) is 12.3 Å². The molecule has 1 aromatic heterocycles. The van der Waals surface area contributed by atoms with Crippen LogP contribution in [-0.4, -0.2) is 15.1 Å². The molecule has 1 N–H and O–H groups in total. The first-order chi connectivity index (χ1) is 7.29. The highest BCUT2D eigenvalue weighted by atomic mass is 16.3. The summed E-state index contributed by atoms with van der Waals surface area (Å²) < 4.78 is 0. The molecule has 0 bridgehead atoms. The first kappa shape index (κ1) is 10.6. The fourth-order valence-corrected chi connectivity index (χ4v) is 2.37. The van der Waals surface area contributed by atoms with Crippen molar-refractivity contribution in [3.8, 4) is 0 Å². The van der Waals surface area contributed by atoms with E-state index in [2.05, 4.69) is 16.9 Å². The van der Waals surface area contributed by atoms with Gasteiger partial charge < -0.3 is 5.11 Å². The van der Waals surface area contributed by atoms with Crippen LogP contribution in [0.2, 0.25) is 0 Å². The lowest BCUT2D eigenvalue weighted by molar-refractivity contribution is 0.274. The molecule has 1 saturated carbocycles. The Labute approximate surface area is 90.6 Å². The van der Waals surface area contributed by atoms with E-state index in [-0.39, 0.29) is 6.61 Å². The number of aromatic nitrogens is 2. The molecular formula is C12H18N2O. The van der Waals surface area contributed by atoms with Gasteiger partial charge >= 0.3 is 0 Å². The van der Waals surface area contributed by atoms with Crippen molar-refractivity contribution in [2.45, 2.75) is 45.1 Å². The lowest BCUT2D eigenvalue weighted by Crippen LogP contribution is -2.14. The first-order valence-corrected chi connectivity index (χ1v) is 5.72. The quantitative estimate of drug-likeness (QED) is 0.807. The van der Waals surface area contributed by atoms with Crippen molar-refractivity contribution in [1.29, 1.82) is 0 Å². The Bertz CT molecular complexity index is 327. The summed E-state index contributed by atoms with van der Waals surface area (Å²) in [5.41, 5.74) is 0.734. The Morgan fingerprint density at radius 2 is 2.33 bits per heavy atom. The fraction of sp³-hybridized carbons (Fsp3) is 0.667. The van der Waals surface area contributed by atoms with E-state index in [0.717, 1.165) is 17.4 Å². The van der Waals surface area contributed by atoms with E-state index in [9.17, 15) is 0 Å². The molecule has 2 unspecified atom stereocenters. The number of aliphatic hydroxyl groups is 1. The smallest absolute Gasteiger partial charge is 0.131 e. The maximum atomic E-state index is 9.02. The van der Waals surface area contributed by atoms with E-state index in [1.807, 2.05) is 0 Å². The maximum absolute atomic E-state index is 9.02. The molecule has 0 aliphatic heterocycles. The standard InChI is InChI=1S/C12H18N2O/c1-9-3-2-4-10(7-9)12-13-6-5-11(8-15)14-12/h5-6,9-10,15H,2-4,7-8H2,1H3. The highest BCUT2D eigenvalue weighted by Crippen LogP contribution is 2.34. The minimum atomic E-state index is 0.0117. The Morgan fingerprint density at radius 3 is 3.07 bits per heavy atom. The van der Waals surface area contributed by atoms with E-state index < -0.39 is 0 Å². The number of aliphatic hydroxyl groups excluding tert-OH is 1. The van der Waals surface area contributed by atoms with Gasteiger partial charge in [0.15, 0.2) is 0 Å². The molecule has 3 heteroatoms. The zero-order chi connectivity index (χ0) is 10.7. The average molecular weight is 206 g/mol. The average Bonchev–Trinajstić information content (AvgIpc) is 2.29. The zero-order valence-electron chi connectivity index (χ0n) is 9.19. The highest BCUT2D eigenvalue weighted by Gasteiger charge is 2.22. The van der Waals surface area contributed by atoms with Crippen LogP contribution in [0.25, 0.3) is 0 Å². The van der Waals surface area contributed by atoms with Crippen molar-refractivity contribution in [3.63, 3.8) is 0 Å². The van der Waals surface area contributed by atoms with Gasteiger partial charge in [-0.05, 0) is 24.8 Å². The largest absolute Gasteiger partial charge is 0.390 e. The number of nitrogens with zero attached hydrogens (tertiary/aromatic N) is 2. The van der Waals surface area contributed by atoms with Crippen molar-refractivity contribution >= 4 is 0 Å². The van der Waals surface area contributed by atoms with Crippen LogP contribution in [0, 0.1) is 5.92 Å². The molecule has 1 aliphatic carbocycles. The molecule has 1 aromatic rings. The molecule has 1 fully saturated rings. The molecule has 1 heterocycles. The second-order valence-corrected chi connectivity index (χ2v) is 4.53. The molecule has 1 aliphatic rings. The SMILES string of the molecule is CC1CCCC(c2nccc(CO)n2)C1. The first-order valence-electron chi connectivity index (χ1n) is 5.72. The fourth-order valence-electron chi connectivity index (χ4n) is 2.37. The van der Waals surface area contributed by atoms with Crippen molar-refractivity contribution < 1.29 is 5.11 Å². The number of hydrogen-bond donors (Lipinski definition) is 1. The zero-order valence-corrected chi connectivity index (χ0v) is 9.19. The highest BCUT2D eigenvalue weighted by molar-refractivity contribution is 5.05. The summed E-state index contributed by atoms with van der Waals surface area (Å²) in [4.78, 5) is 8.71. The van der Waals surface area contributed by atoms with Gasteiger partial charge in [0.1, 0.15) is 5.82 Å². The van der Waals surface area contributed by atoms with E-state index in [1.54, 1.807) is 12.3 Å². The summed E-state index contributed by atoms with van der Waals surface area (Å²) in [6.45, 7) is 2.31. The summed E-state index contributed by atoms with van der Waals surface area (Å²) in [6.07, 6.45) is 6.75. The van der Waals surface area contributed by atoms with Crippen molar-refractivity contribution in [1.82, 2.24) is 9.97 Å². The monoisotopic (exact) mass is 206 g/mol. The van der Waals surface area contributed by atoms with Crippen molar-refractivity contribution in [2.75, 3.05) is 0 Å². The molecule has 2 atom stereocenters. The van der Waals surface area contributed by atoms with E-state index >= 15 is 0 Å². The molecule has 0 spiro atoms. The minimum absolute atomic E-state index is 0.0117. The van der Waals surface area contributed by atoms with Crippen molar-refractivity contribution in [2.24, 2.45) is 5.92 Å². The van der Waals surface area contributed by atoms with Gasteiger partial charge in [0.2, 0.25) is 0 Å². The Balaban J connectivity index is 2.13. The summed E-state index contributed by atoms with van der Waals surface area (Å²) in [7, 11) is 0. The second kappa shape index (κ2) is 4.71. The van der Waals surface area contributed by atoms with Crippen molar-refractivity contribution in [3.05, 3.63) is 23.8 Å². The molecule has 3 nitrogen and oxygen atoms in total. The minimum Gasteiger partial charge on any atom is -0.390 e. The Hall–Kier alpha value is -0.960. The Kier molecular flexibility index (Phi) is 3.31.